The first-order valence-electron chi connectivity index (χ1n) is 11.0. The third kappa shape index (κ3) is 8.13. The SMILES string of the molecule is CC(C)(C)NC(=O)c1c(Cl)cccc1[C@@H](Cc1ccccc1F)C(=O)CNC(=O)OC(C)(C)C. The molecule has 0 aliphatic heterocycles. The van der Waals surface area contributed by atoms with Crippen LogP contribution in [-0.4, -0.2) is 35.5 Å². The van der Waals surface area contributed by atoms with Crippen molar-refractivity contribution in [2.75, 3.05) is 6.54 Å². The van der Waals surface area contributed by atoms with Crippen LogP contribution in [0.3, 0.4) is 0 Å². The fraction of sp³-hybridized carbons (Fsp3) is 0.423. The average molecular weight is 491 g/mol. The summed E-state index contributed by atoms with van der Waals surface area (Å²) < 4.78 is 19.7. The molecule has 8 heteroatoms. The maximum absolute atomic E-state index is 14.5. The molecule has 0 aliphatic rings. The number of carbonyl (C=O) groups excluding carboxylic acids is 3. The summed E-state index contributed by atoms with van der Waals surface area (Å²) in [5.41, 5.74) is -0.471. The Morgan fingerprint density at radius 2 is 1.65 bits per heavy atom. The lowest BCUT2D eigenvalue weighted by Crippen LogP contribution is -2.41. The summed E-state index contributed by atoms with van der Waals surface area (Å²) in [5, 5.41) is 5.49. The number of ether oxygens (including phenoxy) is 1. The molecule has 6 nitrogen and oxygen atoms in total. The Hall–Kier alpha value is -2.93. The van der Waals surface area contributed by atoms with E-state index >= 15 is 0 Å². The zero-order valence-corrected chi connectivity index (χ0v) is 21.2. The zero-order valence-electron chi connectivity index (χ0n) is 20.4. The van der Waals surface area contributed by atoms with E-state index in [9.17, 15) is 18.8 Å². The van der Waals surface area contributed by atoms with Gasteiger partial charge in [-0.1, -0.05) is 41.9 Å². The highest BCUT2D eigenvalue weighted by atomic mass is 35.5. The van der Waals surface area contributed by atoms with Crippen molar-refractivity contribution >= 4 is 29.4 Å². The summed E-state index contributed by atoms with van der Waals surface area (Å²) in [5.74, 6) is -2.27. The molecule has 0 heterocycles. The van der Waals surface area contributed by atoms with Crippen LogP contribution >= 0.6 is 11.6 Å². The molecule has 1 atom stereocenters. The number of rotatable bonds is 7. The van der Waals surface area contributed by atoms with Gasteiger partial charge in [0.15, 0.2) is 5.78 Å². The van der Waals surface area contributed by atoms with Crippen LogP contribution in [0.1, 0.15) is 68.9 Å². The van der Waals surface area contributed by atoms with Gasteiger partial charge in [-0.05, 0) is 71.2 Å². The van der Waals surface area contributed by atoms with Gasteiger partial charge < -0.3 is 15.4 Å². The molecule has 2 N–H and O–H groups in total. The van der Waals surface area contributed by atoms with Gasteiger partial charge in [-0.2, -0.15) is 0 Å². The normalized spacial score (nSPS) is 12.6. The minimum absolute atomic E-state index is 0.0162. The van der Waals surface area contributed by atoms with Gasteiger partial charge >= 0.3 is 6.09 Å². The third-order valence-corrected chi connectivity index (χ3v) is 5.03. The van der Waals surface area contributed by atoms with E-state index in [2.05, 4.69) is 10.6 Å². The van der Waals surface area contributed by atoms with Gasteiger partial charge in [-0.25, -0.2) is 9.18 Å². The lowest BCUT2D eigenvalue weighted by molar-refractivity contribution is -0.119. The molecule has 0 fully saturated rings. The molecule has 0 aliphatic carbocycles. The minimum atomic E-state index is -0.939. The predicted molar refractivity (Wildman–Crippen MR) is 131 cm³/mol. The number of amides is 2. The average Bonchev–Trinajstić information content (AvgIpc) is 2.68. The van der Waals surface area contributed by atoms with Crippen LogP contribution in [0.25, 0.3) is 0 Å². The minimum Gasteiger partial charge on any atom is -0.444 e. The van der Waals surface area contributed by atoms with Crippen LogP contribution in [0.5, 0.6) is 0 Å². The second kappa shape index (κ2) is 11.0. The van der Waals surface area contributed by atoms with Crippen molar-refractivity contribution in [3.63, 3.8) is 0 Å². The quantitative estimate of drug-likeness (QED) is 0.542. The van der Waals surface area contributed by atoms with E-state index in [4.69, 9.17) is 16.3 Å². The van der Waals surface area contributed by atoms with Crippen LogP contribution in [0.15, 0.2) is 42.5 Å². The maximum atomic E-state index is 14.5. The number of Topliss-reactive ketones (excluding diaryl/α,β-unsaturated/α-hetero) is 1. The Labute approximate surface area is 205 Å². The topological polar surface area (TPSA) is 84.5 Å². The van der Waals surface area contributed by atoms with Crippen molar-refractivity contribution in [1.82, 2.24) is 10.6 Å². The molecule has 0 unspecified atom stereocenters. The number of hydrogen-bond donors (Lipinski definition) is 2. The Morgan fingerprint density at radius 3 is 2.24 bits per heavy atom. The molecule has 2 rings (SSSR count). The van der Waals surface area contributed by atoms with Gasteiger partial charge in [-0.3, -0.25) is 9.59 Å². The fourth-order valence-electron chi connectivity index (χ4n) is 3.35. The second-order valence-electron chi connectivity index (χ2n) is 10.1. The van der Waals surface area contributed by atoms with E-state index in [1.165, 1.54) is 6.07 Å². The molecule has 34 heavy (non-hydrogen) atoms. The van der Waals surface area contributed by atoms with Gasteiger partial charge in [0.1, 0.15) is 11.4 Å². The smallest absolute Gasteiger partial charge is 0.408 e. The maximum Gasteiger partial charge on any atom is 0.408 e. The Morgan fingerprint density at radius 1 is 1.00 bits per heavy atom. The highest BCUT2D eigenvalue weighted by Crippen LogP contribution is 2.31. The second-order valence-corrected chi connectivity index (χ2v) is 10.5. The lowest BCUT2D eigenvalue weighted by Gasteiger charge is -2.25. The van der Waals surface area contributed by atoms with Gasteiger partial charge in [0, 0.05) is 11.5 Å². The number of benzene rings is 2. The summed E-state index contributed by atoms with van der Waals surface area (Å²) in [7, 11) is 0. The first kappa shape index (κ1) is 27.3. The lowest BCUT2D eigenvalue weighted by atomic mass is 9.85. The van der Waals surface area contributed by atoms with Crippen molar-refractivity contribution in [2.24, 2.45) is 0 Å². The molecule has 0 saturated carbocycles. The van der Waals surface area contributed by atoms with Crippen molar-refractivity contribution in [2.45, 2.75) is 65.0 Å². The largest absolute Gasteiger partial charge is 0.444 e. The van der Waals surface area contributed by atoms with E-state index in [0.717, 1.165) is 0 Å². The Bertz CT molecular complexity index is 1060. The molecule has 2 aromatic carbocycles. The number of carbonyl (C=O) groups is 3. The van der Waals surface area contributed by atoms with Crippen LogP contribution in [0.4, 0.5) is 9.18 Å². The Kier molecular flexibility index (Phi) is 8.83. The standard InChI is InChI=1S/C26H32ClFN2O4/c1-25(2,3)30-23(32)22-17(11-9-12-19(22)27)18(14-16-10-7-8-13-20(16)28)21(31)15-29-24(33)34-26(4,5)6/h7-13,18H,14-15H2,1-6H3,(H,29,33)(H,30,32)/t18-/m1/s1. The first-order valence-corrected chi connectivity index (χ1v) is 11.4. The van der Waals surface area contributed by atoms with Crippen molar-refractivity contribution in [3.8, 4) is 0 Å². The van der Waals surface area contributed by atoms with Crippen LogP contribution in [0, 0.1) is 5.82 Å². The van der Waals surface area contributed by atoms with Gasteiger partial charge in [0.2, 0.25) is 0 Å². The molecule has 184 valence electrons. The van der Waals surface area contributed by atoms with Crippen molar-refractivity contribution in [3.05, 3.63) is 70.0 Å². The molecule has 0 spiro atoms. The molecule has 2 amide bonds. The van der Waals surface area contributed by atoms with Gasteiger partial charge in [0.05, 0.1) is 17.1 Å². The monoisotopic (exact) mass is 490 g/mol. The first-order chi connectivity index (χ1) is 15.7. The summed E-state index contributed by atoms with van der Waals surface area (Å²) in [6, 6.07) is 10.9. The highest BCUT2D eigenvalue weighted by Gasteiger charge is 2.30. The third-order valence-electron chi connectivity index (χ3n) is 4.71. The number of alkyl carbamates (subject to hydrolysis) is 1. The number of halogens is 2. The van der Waals surface area contributed by atoms with Crippen LogP contribution in [0.2, 0.25) is 5.02 Å². The Balaban J connectivity index is 2.45. The number of hydrogen-bond acceptors (Lipinski definition) is 4. The molecule has 0 saturated heterocycles. The number of nitrogens with one attached hydrogen (secondary N) is 2. The molecule has 0 radical (unpaired) electrons. The molecule has 0 bridgehead atoms. The number of ketones is 1. The van der Waals surface area contributed by atoms with E-state index < -0.39 is 40.7 Å². The molecule has 0 aromatic heterocycles. The fourth-order valence-corrected chi connectivity index (χ4v) is 3.62. The van der Waals surface area contributed by atoms with E-state index in [1.807, 2.05) is 20.8 Å². The van der Waals surface area contributed by atoms with E-state index in [-0.39, 0.29) is 23.6 Å². The highest BCUT2D eigenvalue weighted by molar-refractivity contribution is 6.34. The van der Waals surface area contributed by atoms with Crippen LogP contribution < -0.4 is 10.6 Å². The zero-order chi connectivity index (χ0) is 25.7. The summed E-state index contributed by atoms with van der Waals surface area (Å²) in [6.45, 7) is 10.3. The summed E-state index contributed by atoms with van der Waals surface area (Å²) in [4.78, 5) is 38.5. The van der Waals surface area contributed by atoms with Gasteiger partial charge in [-0.15, -0.1) is 0 Å². The molecular weight excluding hydrogens is 459 g/mol. The van der Waals surface area contributed by atoms with Crippen molar-refractivity contribution in [1.29, 1.82) is 0 Å². The van der Waals surface area contributed by atoms with Gasteiger partial charge in [0.25, 0.3) is 5.91 Å². The summed E-state index contributed by atoms with van der Waals surface area (Å²) >= 11 is 6.40. The molecular formula is C26H32ClFN2O4. The van der Waals surface area contributed by atoms with E-state index in [1.54, 1.807) is 57.2 Å². The van der Waals surface area contributed by atoms with E-state index in [0.29, 0.717) is 11.1 Å². The van der Waals surface area contributed by atoms with Crippen molar-refractivity contribution < 1.29 is 23.5 Å². The van der Waals surface area contributed by atoms with Crippen LogP contribution in [-0.2, 0) is 16.0 Å². The predicted octanol–water partition coefficient (Wildman–Crippen LogP) is 5.43. The molecule has 2 aromatic rings. The summed E-state index contributed by atoms with van der Waals surface area (Å²) in [6.07, 6.45) is -0.764.